The van der Waals surface area contributed by atoms with E-state index in [1.54, 1.807) is 24.3 Å². The van der Waals surface area contributed by atoms with Crippen LogP contribution in [0.2, 0.25) is 5.02 Å². The van der Waals surface area contributed by atoms with Crippen LogP contribution in [0.1, 0.15) is 29.7 Å². The number of halogens is 3. The molecule has 3 rings (SSSR count). The third-order valence-electron chi connectivity index (χ3n) is 4.26. The standard InChI is InChI=1S/C22H21ClFNO.ClH/c1-16(17-7-3-2-4-8-17)25-14-19-13-20(23)11-12-22(19)26-15-18-9-5-6-10-21(18)24;/h2-13,16,25H,14-15H2,1H3;1H. The molecule has 0 saturated heterocycles. The van der Waals surface area contributed by atoms with E-state index in [2.05, 4.69) is 24.4 Å². The largest absolute Gasteiger partial charge is 0.488 e. The predicted octanol–water partition coefficient (Wildman–Crippen LogP) is 6.33. The molecule has 1 unspecified atom stereocenters. The van der Waals surface area contributed by atoms with E-state index in [0.29, 0.717) is 22.9 Å². The summed E-state index contributed by atoms with van der Waals surface area (Å²) in [6.45, 7) is 2.89. The Hall–Kier alpha value is -2.07. The van der Waals surface area contributed by atoms with E-state index in [-0.39, 0.29) is 30.9 Å². The highest BCUT2D eigenvalue weighted by Crippen LogP contribution is 2.25. The average molecular weight is 406 g/mol. The molecule has 0 aromatic heterocycles. The van der Waals surface area contributed by atoms with E-state index < -0.39 is 0 Å². The Bertz CT molecular complexity index is 858. The van der Waals surface area contributed by atoms with Gasteiger partial charge in [-0.1, -0.05) is 60.1 Å². The van der Waals surface area contributed by atoms with Gasteiger partial charge >= 0.3 is 0 Å². The van der Waals surface area contributed by atoms with Gasteiger partial charge in [-0.15, -0.1) is 12.4 Å². The highest BCUT2D eigenvalue weighted by molar-refractivity contribution is 6.30. The van der Waals surface area contributed by atoms with Gasteiger partial charge in [0.25, 0.3) is 0 Å². The van der Waals surface area contributed by atoms with Gasteiger partial charge in [0.1, 0.15) is 18.2 Å². The van der Waals surface area contributed by atoms with Crippen LogP contribution in [0.5, 0.6) is 5.75 Å². The lowest BCUT2D eigenvalue weighted by molar-refractivity contribution is 0.295. The van der Waals surface area contributed by atoms with Gasteiger partial charge in [-0.05, 0) is 36.8 Å². The van der Waals surface area contributed by atoms with Gasteiger partial charge < -0.3 is 10.1 Å². The number of hydrogen-bond acceptors (Lipinski definition) is 2. The first-order valence-electron chi connectivity index (χ1n) is 8.56. The summed E-state index contributed by atoms with van der Waals surface area (Å²) in [5.41, 5.74) is 2.68. The molecule has 0 spiro atoms. The molecule has 3 aromatic carbocycles. The van der Waals surface area contributed by atoms with Crippen molar-refractivity contribution in [2.75, 3.05) is 0 Å². The maximum absolute atomic E-state index is 13.8. The van der Waals surface area contributed by atoms with E-state index in [1.165, 1.54) is 11.6 Å². The molecule has 142 valence electrons. The molecule has 5 heteroatoms. The maximum Gasteiger partial charge on any atom is 0.129 e. The average Bonchev–Trinajstić information content (AvgIpc) is 2.67. The molecule has 0 saturated carbocycles. The minimum Gasteiger partial charge on any atom is -0.488 e. The monoisotopic (exact) mass is 405 g/mol. The van der Waals surface area contributed by atoms with E-state index in [4.69, 9.17) is 16.3 Å². The van der Waals surface area contributed by atoms with Crippen molar-refractivity contribution in [1.29, 1.82) is 0 Å². The fourth-order valence-electron chi connectivity index (χ4n) is 2.72. The second-order valence-corrected chi connectivity index (χ2v) is 6.58. The molecule has 0 heterocycles. The molecule has 1 N–H and O–H groups in total. The summed E-state index contributed by atoms with van der Waals surface area (Å²) in [6, 6.07) is 22.5. The lowest BCUT2D eigenvalue weighted by Gasteiger charge is -2.17. The fraction of sp³-hybridized carbons (Fsp3) is 0.182. The van der Waals surface area contributed by atoms with Crippen molar-refractivity contribution in [3.8, 4) is 5.75 Å². The van der Waals surface area contributed by atoms with Crippen molar-refractivity contribution >= 4 is 24.0 Å². The summed E-state index contributed by atoms with van der Waals surface area (Å²) >= 11 is 6.15. The van der Waals surface area contributed by atoms with Gasteiger partial charge in [0.05, 0.1) is 0 Å². The first-order valence-corrected chi connectivity index (χ1v) is 8.94. The van der Waals surface area contributed by atoms with E-state index in [9.17, 15) is 4.39 Å². The zero-order valence-electron chi connectivity index (χ0n) is 15.0. The Kier molecular flexibility index (Phi) is 8.11. The fourth-order valence-corrected chi connectivity index (χ4v) is 2.92. The van der Waals surface area contributed by atoms with Crippen molar-refractivity contribution in [3.63, 3.8) is 0 Å². The Morgan fingerprint density at radius 1 is 0.963 bits per heavy atom. The van der Waals surface area contributed by atoms with E-state index in [1.807, 2.05) is 30.3 Å². The Morgan fingerprint density at radius 3 is 2.41 bits per heavy atom. The van der Waals surface area contributed by atoms with Crippen LogP contribution in [0.25, 0.3) is 0 Å². The summed E-state index contributed by atoms with van der Waals surface area (Å²) in [5.74, 6) is 0.434. The summed E-state index contributed by atoms with van der Waals surface area (Å²) in [4.78, 5) is 0. The summed E-state index contributed by atoms with van der Waals surface area (Å²) in [6.07, 6.45) is 0. The highest BCUT2D eigenvalue weighted by atomic mass is 35.5. The zero-order valence-corrected chi connectivity index (χ0v) is 16.6. The Morgan fingerprint density at radius 2 is 1.67 bits per heavy atom. The predicted molar refractivity (Wildman–Crippen MR) is 111 cm³/mol. The number of hydrogen-bond donors (Lipinski definition) is 1. The van der Waals surface area contributed by atoms with E-state index in [0.717, 1.165) is 5.56 Å². The summed E-state index contributed by atoms with van der Waals surface area (Å²) in [5, 5.41) is 4.13. The van der Waals surface area contributed by atoms with Gasteiger partial charge in [0, 0.05) is 28.7 Å². The summed E-state index contributed by atoms with van der Waals surface area (Å²) < 4.78 is 19.6. The number of rotatable bonds is 7. The van der Waals surface area contributed by atoms with Crippen molar-refractivity contribution in [3.05, 3.63) is 100 Å². The second-order valence-electron chi connectivity index (χ2n) is 6.15. The quantitative estimate of drug-likeness (QED) is 0.495. The maximum atomic E-state index is 13.8. The van der Waals surface area contributed by atoms with Gasteiger partial charge in [-0.3, -0.25) is 0 Å². The van der Waals surface area contributed by atoms with Crippen LogP contribution in [-0.4, -0.2) is 0 Å². The Labute approximate surface area is 170 Å². The van der Waals surface area contributed by atoms with Crippen LogP contribution in [0.15, 0.2) is 72.8 Å². The topological polar surface area (TPSA) is 21.3 Å². The lowest BCUT2D eigenvalue weighted by atomic mass is 10.1. The lowest BCUT2D eigenvalue weighted by Crippen LogP contribution is -2.18. The molecule has 3 aromatic rings. The molecule has 0 fully saturated rings. The van der Waals surface area contributed by atoms with Crippen LogP contribution < -0.4 is 10.1 Å². The molecule has 0 amide bonds. The smallest absolute Gasteiger partial charge is 0.129 e. The minimum absolute atomic E-state index is 0. The first-order chi connectivity index (χ1) is 12.6. The number of nitrogens with one attached hydrogen (secondary N) is 1. The zero-order chi connectivity index (χ0) is 18.4. The molecular formula is C22H22Cl2FNO. The van der Waals surface area contributed by atoms with Gasteiger partial charge in [-0.2, -0.15) is 0 Å². The van der Waals surface area contributed by atoms with Crippen molar-refractivity contribution in [2.45, 2.75) is 26.1 Å². The van der Waals surface area contributed by atoms with Gasteiger partial charge in [0.15, 0.2) is 0 Å². The normalized spacial score (nSPS) is 11.5. The van der Waals surface area contributed by atoms with E-state index >= 15 is 0 Å². The van der Waals surface area contributed by atoms with Gasteiger partial charge in [0.2, 0.25) is 0 Å². The molecule has 0 aliphatic rings. The third-order valence-corrected chi connectivity index (χ3v) is 4.50. The second kappa shape index (κ2) is 10.3. The molecule has 0 aliphatic carbocycles. The number of ether oxygens (including phenoxy) is 1. The van der Waals surface area contributed by atoms with Crippen LogP contribution in [0, 0.1) is 5.82 Å². The number of benzene rings is 3. The molecular weight excluding hydrogens is 384 g/mol. The first kappa shape index (κ1) is 21.2. The SMILES string of the molecule is CC(NCc1cc(Cl)ccc1OCc1ccccc1F)c1ccccc1.Cl. The molecule has 0 radical (unpaired) electrons. The van der Waals surface area contributed by atoms with Crippen LogP contribution in [0.3, 0.4) is 0 Å². The van der Waals surface area contributed by atoms with Crippen molar-refractivity contribution in [2.24, 2.45) is 0 Å². The molecule has 0 bridgehead atoms. The van der Waals surface area contributed by atoms with Crippen molar-refractivity contribution < 1.29 is 9.13 Å². The third kappa shape index (κ3) is 5.96. The highest BCUT2D eigenvalue weighted by Gasteiger charge is 2.10. The van der Waals surface area contributed by atoms with Crippen LogP contribution >= 0.6 is 24.0 Å². The minimum atomic E-state index is -0.265. The molecule has 2 nitrogen and oxygen atoms in total. The van der Waals surface area contributed by atoms with Crippen molar-refractivity contribution in [1.82, 2.24) is 5.32 Å². The summed E-state index contributed by atoms with van der Waals surface area (Å²) in [7, 11) is 0. The van der Waals surface area contributed by atoms with Crippen LogP contribution in [0.4, 0.5) is 4.39 Å². The Balaban J connectivity index is 0.00000261. The molecule has 27 heavy (non-hydrogen) atoms. The van der Waals surface area contributed by atoms with Gasteiger partial charge in [-0.25, -0.2) is 4.39 Å². The van der Waals surface area contributed by atoms with Crippen LogP contribution in [-0.2, 0) is 13.2 Å². The molecule has 1 atom stereocenters. The molecule has 0 aliphatic heterocycles.